The van der Waals surface area contributed by atoms with E-state index in [9.17, 15) is 0 Å². The van der Waals surface area contributed by atoms with Crippen molar-refractivity contribution in [1.82, 2.24) is 0 Å². The van der Waals surface area contributed by atoms with Gasteiger partial charge in [0.2, 0.25) is 0 Å². The molecule has 5 aliphatic rings. The topological polar surface area (TPSA) is 0 Å². The summed E-state index contributed by atoms with van der Waals surface area (Å²) in [5.74, 6) is 6.81. The van der Waals surface area contributed by atoms with Gasteiger partial charge in [-0.3, -0.25) is 0 Å². The van der Waals surface area contributed by atoms with Crippen molar-refractivity contribution in [2.24, 2.45) is 57.7 Å². The van der Waals surface area contributed by atoms with Gasteiger partial charge in [-0.1, -0.05) is 72.1 Å². The average molecular weight is 479 g/mol. The summed E-state index contributed by atoms with van der Waals surface area (Å²) in [6.07, 6.45) is 16.6. The van der Waals surface area contributed by atoms with Crippen molar-refractivity contribution in [2.75, 3.05) is 0 Å². The minimum absolute atomic E-state index is 0.614. The summed E-state index contributed by atoms with van der Waals surface area (Å²) in [5, 5.41) is 0.860. The molecule has 1 heteroatoms. The zero-order valence-corrected chi connectivity index (χ0v) is 23.5. The highest BCUT2D eigenvalue weighted by Gasteiger charge is 2.77. The summed E-state index contributed by atoms with van der Waals surface area (Å²) in [6, 6.07) is 11.5. The van der Waals surface area contributed by atoms with Crippen LogP contribution in [0.2, 0.25) is 0 Å². The molecule has 5 fully saturated rings. The number of hydrogen-bond donors (Lipinski definition) is 0. The minimum Gasteiger partial charge on any atom is -0.122 e. The predicted molar refractivity (Wildman–Crippen MR) is 147 cm³/mol. The zero-order valence-electron chi connectivity index (χ0n) is 22.7. The van der Waals surface area contributed by atoms with Crippen molar-refractivity contribution >= 4 is 11.8 Å². The van der Waals surface area contributed by atoms with E-state index in [4.69, 9.17) is 0 Å². The van der Waals surface area contributed by atoms with Crippen LogP contribution >= 0.6 is 11.8 Å². The molecule has 0 bridgehead atoms. The molecule has 0 saturated heterocycles. The van der Waals surface area contributed by atoms with Crippen LogP contribution in [-0.2, 0) is 0 Å². The largest absolute Gasteiger partial charge is 0.122 e. The average Bonchev–Trinajstić information content (AvgIpc) is 3.32. The SMILES string of the molecule is CC(C)CCC[C@@H](C)[C@H]1CC[C@H]2[C@@H]3C[C@@H](Sc4ccccc4)[C@]45C[C@H]4CC[C@]5(C)[C@H]3CC[C@]12C. The lowest BCUT2D eigenvalue weighted by Crippen LogP contribution is -2.56. The molecule has 0 N–H and O–H groups in total. The Morgan fingerprint density at radius 2 is 1.71 bits per heavy atom. The third kappa shape index (κ3) is 3.44. The van der Waals surface area contributed by atoms with Gasteiger partial charge in [-0.15, -0.1) is 11.8 Å². The molecular formula is C33H50S. The number of hydrogen-bond acceptors (Lipinski definition) is 1. The molecule has 0 heterocycles. The third-order valence-electron chi connectivity index (χ3n) is 12.8. The second kappa shape index (κ2) is 8.56. The van der Waals surface area contributed by atoms with Gasteiger partial charge < -0.3 is 0 Å². The van der Waals surface area contributed by atoms with Crippen molar-refractivity contribution < 1.29 is 0 Å². The van der Waals surface area contributed by atoms with Crippen molar-refractivity contribution in [3.8, 4) is 0 Å². The fourth-order valence-corrected chi connectivity index (χ4v) is 12.8. The van der Waals surface area contributed by atoms with Gasteiger partial charge >= 0.3 is 0 Å². The molecule has 0 amide bonds. The Bertz CT molecular complexity index is 876. The van der Waals surface area contributed by atoms with Crippen LogP contribution in [0.15, 0.2) is 35.2 Å². The summed E-state index contributed by atoms with van der Waals surface area (Å²) in [5.41, 5.74) is 1.91. The summed E-state index contributed by atoms with van der Waals surface area (Å²) in [6.45, 7) is 13.0. The first kappa shape index (κ1) is 23.9. The van der Waals surface area contributed by atoms with E-state index in [-0.39, 0.29) is 0 Å². The second-order valence-corrected chi connectivity index (χ2v) is 15.7. The third-order valence-corrected chi connectivity index (χ3v) is 14.2. The maximum Gasteiger partial charge on any atom is 0.0162 e. The molecular weight excluding hydrogens is 428 g/mol. The van der Waals surface area contributed by atoms with Gasteiger partial charge in [0.05, 0.1) is 0 Å². The first-order valence-electron chi connectivity index (χ1n) is 15.0. The van der Waals surface area contributed by atoms with Gasteiger partial charge in [0.25, 0.3) is 0 Å². The van der Waals surface area contributed by atoms with Crippen LogP contribution < -0.4 is 0 Å². The Morgan fingerprint density at radius 1 is 0.912 bits per heavy atom. The molecule has 0 unspecified atom stereocenters. The summed E-state index contributed by atoms with van der Waals surface area (Å²) >= 11 is 2.29. The van der Waals surface area contributed by atoms with Gasteiger partial charge in [0.1, 0.15) is 0 Å². The molecule has 0 aromatic heterocycles. The molecule has 5 saturated carbocycles. The molecule has 188 valence electrons. The molecule has 1 aromatic carbocycles. The lowest BCUT2D eigenvalue weighted by atomic mass is 9.45. The Balaban J connectivity index is 1.25. The molecule has 0 nitrogen and oxygen atoms in total. The van der Waals surface area contributed by atoms with Crippen LogP contribution in [0.4, 0.5) is 0 Å². The number of benzene rings is 1. The second-order valence-electron chi connectivity index (χ2n) is 14.5. The Kier molecular flexibility index (Phi) is 6.03. The fourth-order valence-electron chi connectivity index (χ4n) is 11.1. The molecule has 10 atom stereocenters. The summed E-state index contributed by atoms with van der Waals surface area (Å²) in [4.78, 5) is 1.53. The number of thioether (sulfide) groups is 1. The molecule has 1 aromatic rings. The highest BCUT2D eigenvalue weighted by atomic mass is 32.2. The summed E-state index contributed by atoms with van der Waals surface area (Å²) < 4.78 is 0. The highest BCUT2D eigenvalue weighted by Crippen LogP contribution is 2.83. The van der Waals surface area contributed by atoms with Crippen LogP contribution in [0.5, 0.6) is 0 Å². The van der Waals surface area contributed by atoms with Gasteiger partial charge in [-0.2, -0.15) is 0 Å². The molecule has 34 heavy (non-hydrogen) atoms. The Labute approximate surface area is 214 Å². The van der Waals surface area contributed by atoms with Gasteiger partial charge in [0.15, 0.2) is 0 Å². The first-order chi connectivity index (χ1) is 16.3. The van der Waals surface area contributed by atoms with E-state index >= 15 is 0 Å². The zero-order chi connectivity index (χ0) is 23.7. The van der Waals surface area contributed by atoms with E-state index in [1.165, 1.54) is 62.7 Å². The maximum absolute atomic E-state index is 2.79. The highest BCUT2D eigenvalue weighted by molar-refractivity contribution is 8.00. The minimum atomic E-state index is 0.614. The van der Waals surface area contributed by atoms with E-state index < -0.39 is 0 Å². The molecule has 6 rings (SSSR count). The Hall–Kier alpha value is -0.430. The van der Waals surface area contributed by atoms with Gasteiger partial charge in [0, 0.05) is 10.1 Å². The monoisotopic (exact) mass is 478 g/mol. The van der Waals surface area contributed by atoms with Crippen LogP contribution in [0, 0.1) is 57.7 Å². The van der Waals surface area contributed by atoms with Crippen LogP contribution in [-0.4, -0.2) is 5.25 Å². The maximum atomic E-state index is 2.79. The normalized spacial score (nSPS) is 47.6. The van der Waals surface area contributed by atoms with Crippen molar-refractivity contribution in [1.29, 1.82) is 0 Å². The summed E-state index contributed by atoms with van der Waals surface area (Å²) in [7, 11) is 0. The molecule has 0 radical (unpaired) electrons. The van der Waals surface area contributed by atoms with E-state index in [0.717, 1.165) is 46.7 Å². The van der Waals surface area contributed by atoms with E-state index in [2.05, 4.69) is 76.7 Å². The lowest BCUT2D eigenvalue weighted by molar-refractivity contribution is -0.101. The fraction of sp³-hybridized carbons (Fsp3) is 0.818. The number of fused-ring (bicyclic) bond motifs is 4. The van der Waals surface area contributed by atoms with E-state index in [0.29, 0.717) is 16.2 Å². The van der Waals surface area contributed by atoms with Crippen molar-refractivity contribution in [2.45, 2.75) is 115 Å². The van der Waals surface area contributed by atoms with Crippen molar-refractivity contribution in [3.05, 3.63) is 30.3 Å². The van der Waals surface area contributed by atoms with Gasteiger partial charge in [-0.05, 0) is 121 Å². The predicted octanol–water partition coefficient (Wildman–Crippen LogP) is 9.88. The van der Waals surface area contributed by atoms with Gasteiger partial charge in [-0.25, -0.2) is 0 Å². The molecule has 5 aliphatic carbocycles. The van der Waals surface area contributed by atoms with Crippen LogP contribution in [0.25, 0.3) is 0 Å². The smallest absolute Gasteiger partial charge is 0.0162 e. The lowest BCUT2D eigenvalue weighted by Gasteiger charge is -2.61. The van der Waals surface area contributed by atoms with E-state index in [1.54, 1.807) is 12.8 Å². The standard InChI is InChI=1S/C33H50S/c1-22(2)10-9-11-23(3)27-14-15-28-26-20-30(34-25-12-7-6-8-13-25)33-21-24(33)16-19-32(33,5)29(26)17-18-31(27,28)4/h6-8,12-13,22-24,26-30H,9-11,14-21H2,1-5H3/t23-,24-,26+,27-,28+,29+,30-,31-,32-,33+/m1/s1. The number of rotatable bonds is 7. The van der Waals surface area contributed by atoms with Crippen molar-refractivity contribution in [3.63, 3.8) is 0 Å². The molecule has 1 spiro atoms. The Morgan fingerprint density at radius 3 is 2.44 bits per heavy atom. The quantitative estimate of drug-likeness (QED) is 0.375. The first-order valence-corrected chi connectivity index (χ1v) is 15.9. The van der Waals surface area contributed by atoms with Crippen LogP contribution in [0.3, 0.4) is 0 Å². The van der Waals surface area contributed by atoms with Crippen LogP contribution in [0.1, 0.15) is 105 Å². The molecule has 0 aliphatic heterocycles. The van der Waals surface area contributed by atoms with E-state index in [1.807, 2.05) is 0 Å².